The third-order valence-corrected chi connectivity index (χ3v) is 12.5. The van der Waals surface area contributed by atoms with Gasteiger partial charge in [0.25, 0.3) is 0 Å². The van der Waals surface area contributed by atoms with Crippen molar-refractivity contribution in [3.63, 3.8) is 0 Å². The molecule has 0 bridgehead atoms. The van der Waals surface area contributed by atoms with Crippen molar-refractivity contribution >= 4 is 36.3 Å². The van der Waals surface area contributed by atoms with Gasteiger partial charge in [0.15, 0.2) is 0 Å². The molecule has 4 aromatic rings. The van der Waals surface area contributed by atoms with Gasteiger partial charge in [-0.25, -0.2) is 0 Å². The second-order valence-corrected chi connectivity index (χ2v) is 12.7. The molecule has 1 heteroatoms. The van der Waals surface area contributed by atoms with E-state index < -0.39 is 20.2 Å². The maximum absolute atomic E-state index is 2.37. The first-order valence-corrected chi connectivity index (χ1v) is 13.1. The molecule has 1 aliphatic rings. The molecule has 0 nitrogen and oxygen atoms in total. The summed E-state index contributed by atoms with van der Waals surface area (Å²) in [5, 5.41) is 0. The number of hydrogen-bond donors (Lipinski definition) is 0. The third kappa shape index (κ3) is 2.95. The Morgan fingerprint density at radius 2 is 0.963 bits per heavy atom. The number of benzene rings is 4. The van der Waals surface area contributed by atoms with Crippen molar-refractivity contribution in [1.29, 1.82) is 0 Å². The Labute approximate surface area is 167 Å². The van der Waals surface area contributed by atoms with Gasteiger partial charge >= 0.3 is 168 Å². The summed E-state index contributed by atoms with van der Waals surface area (Å²) in [4.78, 5) is 0. The van der Waals surface area contributed by atoms with Gasteiger partial charge in [0, 0.05) is 0 Å². The zero-order valence-corrected chi connectivity index (χ0v) is 17.5. The van der Waals surface area contributed by atoms with Crippen molar-refractivity contribution in [2.45, 2.75) is 0 Å². The third-order valence-electron chi connectivity index (χ3n) is 5.00. The molecule has 0 spiro atoms. The van der Waals surface area contributed by atoms with E-state index >= 15 is 0 Å². The van der Waals surface area contributed by atoms with Crippen LogP contribution in [0.15, 0.2) is 115 Å². The summed E-state index contributed by atoms with van der Waals surface area (Å²) in [5.74, 6) is 0. The van der Waals surface area contributed by atoms with Gasteiger partial charge in [0.2, 0.25) is 0 Å². The fourth-order valence-corrected chi connectivity index (χ4v) is 11.8. The predicted octanol–water partition coefficient (Wildman–Crippen LogP) is 4.81. The number of rotatable bonds is 3. The van der Waals surface area contributed by atoms with Crippen LogP contribution >= 0.6 is 0 Å². The Bertz CT molecular complexity index is 1100. The molecule has 4 aromatic carbocycles. The Hall–Kier alpha value is -2.56. The monoisotopic (exact) mass is 452 g/mol. The van der Waals surface area contributed by atoms with Crippen molar-refractivity contribution in [3.8, 4) is 0 Å². The average molecular weight is 453 g/mol. The van der Waals surface area contributed by atoms with E-state index in [9.17, 15) is 0 Å². The van der Waals surface area contributed by atoms with Gasteiger partial charge in [0.1, 0.15) is 0 Å². The van der Waals surface area contributed by atoms with E-state index in [0.717, 1.165) is 0 Å². The zero-order chi connectivity index (χ0) is 18.1. The molecule has 0 N–H and O–H groups in total. The normalized spacial score (nSPS) is 13.6. The van der Waals surface area contributed by atoms with Crippen LogP contribution in [0.5, 0.6) is 0 Å². The van der Waals surface area contributed by atoms with E-state index in [2.05, 4.69) is 115 Å². The zero-order valence-electron chi connectivity index (χ0n) is 14.9. The maximum atomic E-state index is 2.37. The van der Waals surface area contributed by atoms with Crippen LogP contribution in [-0.4, -0.2) is 20.2 Å². The van der Waals surface area contributed by atoms with E-state index in [4.69, 9.17) is 0 Å². The molecule has 0 saturated heterocycles. The molecule has 0 fully saturated rings. The van der Waals surface area contributed by atoms with Gasteiger partial charge in [0.05, 0.1) is 0 Å². The quantitative estimate of drug-likeness (QED) is 0.391. The molecule has 5 rings (SSSR count). The second-order valence-electron chi connectivity index (χ2n) is 6.64. The summed E-state index contributed by atoms with van der Waals surface area (Å²) >= 11 is -2.10. The van der Waals surface area contributed by atoms with E-state index in [1.807, 2.05) is 0 Å². The molecular weight excluding hydrogens is 434 g/mol. The molecule has 0 atom stereocenters. The second kappa shape index (κ2) is 7.22. The Kier molecular flexibility index (Phi) is 4.44. The van der Waals surface area contributed by atoms with E-state index in [1.165, 1.54) is 25.8 Å². The molecule has 0 amide bonds. The topological polar surface area (TPSA) is 0 Å². The Morgan fingerprint density at radius 1 is 0.444 bits per heavy atom. The van der Waals surface area contributed by atoms with Crippen LogP contribution in [-0.2, 0) is 0 Å². The van der Waals surface area contributed by atoms with Gasteiger partial charge in [-0.3, -0.25) is 0 Å². The van der Waals surface area contributed by atoms with Crippen molar-refractivity contribution < 1.29 is 0 Å². The molecule has 1 aliphatic heterocycles. The fourth-order valence-electron chi connectivity index (χ4n) is 3.85. The van der Waals surface area contributed by atoms with E-state index in [-0.39, 0.29) is 0 Å². The Balaban J connectivity index is 1.86. The molecule has 0 unspecified atom stereocenters. The van der Waals surface area contributed by atoms with Crippen LogP contribution in [0.1, 0.15) is 16.7 Å². The first kappa shape index (κ1) is 16.6. The summed E-state index contributed by atoms with van der Waals surface area (Å²) in [5.41, 5.74) is 5.56. The molecule has 1 heterocycles. The standard InChI is InChI=1S/C20H14.C6H5.Sb/c1-4-10-17(11-5-1)16-20(18-12-6-2-7-13-18)19-14-8-3-9-15-19;1-2-4-6-5-3-1;/h1-14H;1-5H;. The fraction of sp³-hybridized carbons (Fsp3) is 0. The van der Waals surface area contributed by atoms with Gasteiger partial charge in [-0.1, -0.05) is 0 Å². The molecule has 0 aromatic heterocycles. The van der Waals surface area contributed by atoms with Crippen LogP contribution < -0.4 is 7.02 Å². The van der Waals surface area contributed by atoms with Crippen LogP contribution in [0.4, 0.5) is 0 Å². The van der Waals surface area contributed by atoms with E-state index in [0.29, 0.717) is 0 Å². The summed E-state index contributed by atoms with van der Waals surface area (Å²) in [6.07, 6.45) is 0. The van der Waals surface area contributed by atoms with Crippen molar-refractivity contribution in [1.82, 2.24) is 0 Å². The average Bonchev–Trinajstić information content (AvgIpc) is 3.11. The molecule has 0 radical (unpaired) electrons. The summed E-state index contributed by atoms with van der Waals surface area (Å²) in [7, 11) is 0. The number of hydrogen-bond acceptors (Lipinski definition) is 0. The van der Waals surface area contributed by atoms with E-state index in [1.54, 1.807) is 7.03 Å². The molecule has 27 heavy (non-hydrogen) atoms. The summed E-state index contributed by atoms with van der Waals surface area (Å²) in [6, 6.07) is 42.1. The minimum absolute atomic E-state index is 1.33. The number of fused-ring (bicyclic) bond motifs is 1. The van der Waals surface area contributed by atoms with Crippen molar-refractivity contribution in [3.05, 3.63) is 132 Å². The molecular formula is C26H19Sb. The molecule has 0 saturated carbocycles. The summed E-state index contributed by atoms with van der Waals surface area (Å²) < 4.78 is 4.68. The van der Waals surface area contributed by atoms with Crippen LogP contribution in [0.3, 0.4) is 0 Å². The van der Waals surface area contributed by atoms with Gasteiger partial charge in [-0.15, -0.1) is 0 Å². The Morgan fingerprint density at radius 3 is 1.63 bits per heavy atom. The first-order chi connectivity index (χ1) is 13.4. The van der Waals surface area contributed by atoms with Crippen LogP contribution in [0.2, 0.25) is 0 Å². The first-order valence-electron chi connectivity index (χ1n) is 9.23. The van der Waals surface area contributed by atoms with Crippen molar-refractivity contribution in [2.24, 2.45) is 0 Å². The molecule has 128 valence electrons. The van der Waals surface area contributed by atoms with Gasteiger partial charge in [-0.2, -0.15) is 0 Å². The van der Waals surface area contributed by atoms with Gasteiger partial charge in [-0.05, 0) is 0 Å². The van der Waals surface area contributed by atoms with Crippen LogP contribution in [0.25, 0.3) is 9.09 Å². The summed E-state index contributed by atoms with van der Waals surface area (Å²) in [6.45, 7) is 0. The minimum atomic E-state index is -2.10. The van der Waals surface area contributed by atoms with Gasteiger partial charge < -0.3 is 0 Å². The SMILES string of the molecule is c1ccc(C2=[C](c3ccccc3)[Sb]([c]3ccccc3)[c]3ccccc32)cc1. The molecule has 0 aliphatic carbocycles. The van der Waals surface area contributed by atoms with Crippen molar-refractivity contribution in [2.75, 3.05) is 0 Å². The van der Waals surface area contributed by atoms with Crippen LogP contribution in [0, 0.1) is 0 Å². The predicted molar refractivity (Wildman–Crippen MR) is 117 cm³/mol.